The van der Waals surface area contributed by atoms with E-state index in [9.17, 15) is 5.11 Å². The molecule has 174 valence electrons. The Bertz CT molecular complexity index is 984. The highest BCUT2D eigenvalue weighted by molar-refractivity contribution is 7.22. The highest BCUT2D eigenvalue weighted by Gasteiger charge is 2.27. The maximum atomic E-state index is 10.8. The van der Waals surface area contributed by atoms with Crippen LogP contribution < -0.4 is 22.3 Å². The third kappa shape index (κ3) is 5.75. The van der Waals surface area contributed by atoms with Crippen molar-refractivity contribution >= 4 is 49.9 Å². The van der Waals surface area contributed by atoms with E-state index in [2.05, 4.69) is 47.9 Å². The molecule has 0 amide bonds. The number of rotatable bonds is 6. The van der Waals surface area contributed by atoms with E-state index in [0.717, 1.165) is 35.8 Å². The Labute approximate surface area is 203 Å². The fraction of sp³-hybridized carbons (Fsp3) is 0.542. The van der Waals surface area contributed by atoms with Crippen molar-refractivity contribution in [1.82, 2.24) is 4.90 Å². The van der Waals surface area contributed by atoms with Crippen molar-refractivity contribution in [2.24, 2.45) is 0 Å². The predicted molar refractivity (Wildman–Crippen MR) is 134 cm³/mol. The molecule has 1 aliphatic carbocycles. The second-order valence-corrected chi connectivity index (χ2v) is 9.39. The van der Waals surface area contributed by atoms with Crippen LogP contribution in [0.2, 0.25) is 0 Å². The number of nitrogens with zero attached hydrogens (tertiary/aromatic N) is 2. The van der Waals surface area contributed by atoms with Gasteiger partial charge in [-0.2, -0.15) is 0 Å². The normalized spacial score (nSPS) is 14.2. The van der Waals surface area contributed by atoms with Gasteiger partial charge in [-0.3, -0.25) is 5.32 Å². The van der Waals surface area contributed by atoms with Crippen LogP contribution in [0.3, 0.4) is 0 Å². The van der Waals surface area contributed by atoms with Gasteiger partial charge in [-0.15, -0.1) is 12.4 Å². The van der Waals surface area contributed by atoms with Gasteiger partial charge in [-0.25, -0.2) is 4.57 Å². The third-order valence-electron chi connectivity index (χ3n) is 5.98. The summed E-state index contributed by atoms with van der Waals surface area (Å²) < 4.78 is 3.69. The van der Waals surface area contributed by atoms with E-state index < -0.39 is 0 Å². The van der Waals surface area contributed by atoms with Gasteiger partial charge in [-0.05, 0) is 70.5 Å². The van der Waals surface area contributed by atoms with Crippen LogP contribution in [0.15, 0.2) is 24.3 Å². The number of benzene rings is 2. The number of phenolic OH excluding ortho intramolecular Hbond substituents is 1. The van der Waals surface area contributed by atoms with E-state index in [1.807, 2.05) is 23.5 Å². The van der Waals surface area contributed by atoms with Crippen LogP contribution >= 0.6 is 23.7 Å². The van der Waals surface area contributed by atoms with Gasteiger partial charge in [0.15, 0.2) is 5.52 Å². The number of nitrogens with one attached hydrogen (secondary N) is 1. The molecule has 0 aliphatic heterocycles. The smallest absolute Gasteiger partial charge is 0.335 e. The Hall–Kier alpha value is -1.27. The first-order valence-electron chi connectivity index (χ1n) is 10.5. The van der Waals surface area contributed by atoms with Crippen LogP contribution in [0.4, 0.5) is 5.13 Å². The Morgan fingerprint density at radius 3 is 2.42 bits per heavy atom. The topological polar surface area (TPSA) is 39.4 Å². The summed E-state index contributed by atoms with van der Waals surface area (Å²) in [4.78, 5) is 2.25. The predicted octanol–water partition coefficient (Wildman–Crippen LogP) is 3.11. The summed E-state index contributed by atoms with van der Waals surface area (Å²) >= 11 is 1.81. The summed E-state index contributed by atoms with van der Waals surface area (Å²) in [5, 5.41) is 18.0. The number of aromatic hydroxyl groups is 1. The first kappa shape index (κ1) is 27.8. The molecular weight excluding hydrogens is 449 g/mol. The summed E-state index contributed by atoms with van der Waals surface area (Å²) in [6.07, 6.45) is 7.65. The van der Waals surface area contributed by atoms with Crippen molar-refractivity contribution in [1.29, 1.82) is 0 Å². The zero-order chi connectivity index (χ0) is 19.7. The highest BCUT2D eigenvalue weighted by atomic mass is 35.5. The van der Waals surface area contributed by atoms with Crippen molar-refractivity contribution in [3.8, 4) is 5.75 Å². The highest BCUT2D eigenvalue weighted by Crippen LogP contribution is 2.40. The molecule has 1 heterocycles. The standard InChI is InChI=1S/C23H31N3OS.CH4.2ClH/c1-16-21(27)19-13-8-7-12-18(19)20-22(16)28-23(24-17-10-5-4-6-11-17)26(20)15-9-14-25(2)3;;;/h7-8,12-13,17,27H,4-6,9-11,14-15H2,1-3H3;1H4;2*1H. The molecule has 0 radical (unpaired) electrons. The van der Waals surface area contributed by atoms with Gasteiger partial charge in [0, 0.05) is 22.9 Å². The molecule has 4 rings (SSSR count). The minimum Gasteiger partial charge on any atom is -1.00 e. The molecule has 31 heavy (non-hydrogen) atoms. The van der Waals surface area contributed by atoms with Crippen molar-refractivity contribution in [2.75, 3.05) is 26.0 Å². The van der Waals surface area contributed by atoms with Gasteiger partial charge in [0.2, 0.25) is 0 Å². The third-order valence-corrected chi connectivity index (χ3v) is 7.22. The molecule has 3 aromatic rings. The molecular formula is C24H37Cl2N3OS. The summed E-state index contributed by atoms with van der Waals surface area (Å²) in [5.41, 5.74) is 2.27. The molecule has 1 saturated carbocycles. The van der Waals surface area contributed by atoms with E-state index in [0.29, 0.717) is 11.8 Å². The zero-order valence-corrected chi connectivity index (χ0v) is 20.5. The Balaban J connectivity index is 0.00000160. The van der Waals surface area contributed by atoms with Gasteiger partial charge in [0.05, 0.1) is 17.3 Å². The largest absolute Gasteiger partial charge is 1.00 e. The van der Waals surface area contributed by atoms with Crippen LogP contribution in [-0.2, 0) is 6.54 Å². The summed E-state index contributed by atoms with van der Waals surface area (Å²) in [6.45, 7) is 4.11. The summed E-state index contributed by atoms with van der Waals surface area (Å²) in [5.74, 6) is 0.425. The average Bonchev–Trinajstić information content (AvgIpc) is 3.05. The Morgan fingerprint density at radius 2 is 1.77 bits per heavy atom. The maximum absolute atomic E-state index is 10.8. The van der Waals surface area contributed by atoms with Crippen molar-refractivity contribution in [2.45, 2.75) is 65.5 Å². The molecule has 2 aromatic carbocycles. The SMILES string of the molecule is C.Cc1c(O)c2ccccc2c2c1sc(NC1CCCCC1)[n+]2CCCN(C)C.Cl.[Cl-]. The molecule has 0 saturated heterocycles. The van der Waals surface area contributed by atoms with E-state index in [4.69, 9.17) is 0 Å². The molecule has 4 nitrogen and oxygen atoms in total. The van der Waals surface area contributed by atoms with Crippen LogP contribution in [-0.4, -0.2) is 36.7 Å². The number of aryl methyl sites for hydroxylation is 2. The lowest BCUT2D eigenvalue weighted by Gasteiger charge is -2.19. The van der Waals surface area contributed by atoms with Crippen LogP contribution in [0.5, 0.6) is 5.75 Å². The molecule has 2 N–H and O–H groups in total. The lowest BCUT2D eigenvalue weighted by molar-refractivity contribution is -0.653. The molecule has 0 bridgehead atoms. The number of halogens is 2. The van der Waals surface area contributed by atoms with Crippen LogP contribution in [0, 0.1) is 6.92 Å². The van der Waals surface area contributed by atoms with Gasteiger partial charge < -0.3 is 22.4 Å². The number of hydrogen-bond donors (Lipinski definition) is 2. The monoisotopic (exact) mass is 485 g/mol. The first-order chi connectivity index (χ1) is 13.6. The van der Waals surface area contributed by atoms with Crippen molar-refractivity contribution in [3.05, 3.63) is 29.8 Å². The molecule has 0 atom stereocenters. The fourth-order valence-corrected chi connectivity index (χ4v) is 5.72. The van der Waals surface area contributed by atoms with Gasteiger partial charge >= 0.3 is 5.13 Å². The number of hydrogen-bond acceptors (Lipinski definition) is 4. The maximum Gasteiger partial charge on any atom is 0.335 e. The molecule has 1 aromatic heterocycles. The molecule has 0 spiro atoms. The van der Waals surface area contributed by atoms with E-state index in [1.54, 1.807) is 0 Å². The lowest BCUT2D eigenvalue weighted by atomic mass is 9.96. The zero-order valence-electron chi connectivity index (χ0n) is 18.1. The van der Waals surface area contributed by atoms with Crippen LogP contribution in [0.1, 0.15) is 51.5 Å². The first-order valence-corrected chi connectivity index (χ1v) is 11.4. The van der Waals surface area contributed by atoms with Crippen molar-refractivity contribution in [3.63, 3.8) is 0 Å². The van der Waals surface area contributed by atoms with Gasteiger partial charge in [-0.1, -0.05) is 32.0 Å². The summed E-state index contributed by atoms with van der Waals surface area (Å²) in [7, 11) is 4.27. The second kappa shape index (κ2) is 12.1. The molecule has 1 fully saturated rings. The minimum absolute atomic E-state index is 0. The fourth-order valence-electron chi connectivity index (χ4n) is 4.44. The molecule has 1 aliphatic rings. The van der Waals surface area contributed by atoms with E-state index in [1.165, 1.54) is 47.5 Å². The molecule has 7 heteroatoms. The summed E-state index contributed by atoms with van der Waals surface area (Å²) in [6, 6.07) is 8.84. The number of fused-ring (bicyclic) bond motifs is 3. The Kier molecular flexibility index (Phi) is 10.8. The number of thiazole rings is 1. The minimum atomic E-state index is 0. The van der Waals surface area contributed by atoms with Crippen molar-refractivity contribution < 1.29 is 22.1 Å². The number of anilines is 1. The van der Waals surface area contributed by atoms with E-state index in [-0.39, 0.29) is 32.2 Å². The van der Waals surface area contributed by atoms with E-state index >= 15 is 0 Å². The molecule has 0 unspecified atom stereocenters. The quantitative estimate of drug-likeness (QED) is 0.526. The second-order valence-electron chi connectivity index (χ2n) is 8.39. The van der Waals surface area contributed by atoms with Gasteiger partial charge in [0.25, 0.3) is 0 Å². The number of phenols is 1. The number of aromatic nitrogens is 1. The Morgan fingerprint density at radius 1 is 1.13 bits per heavy atom. The average molecular weight is 487 g/mol. The van der Waals surface area contributed by atoms with Crippen LogP contribution in [0.25, 0.3) is 21.0 Å². The lowest BCUT2D eigenvalue weighted by Crippen LogP contribution is -3.00. The van der Waals surface area contributed by atoms with Gasteiger partial charge in [0.1, 0.15) is 5.75 Å².